The predicted molar refractivity (Wildman–Crippen MR) is 85.3 cm³/mol. The van der Waals surface area contributed by atoms with Gasteiger partial charge < -0.3 is 5.32 Å². The van der Waals surface area contributed by atoms with Crippen molar-refractivity contribution in [2.24, 2.45) is 5.92 Å². The first-order valence-corrected chi connectivity index (χ1v) is 7.46. The number of piperidine rings is 1. The first kappa shape index (κ1) is 19.3. The SMILES string of the molecule is CC(c1ccc(C(F)(F)F)cc1)N(C)CC1CCNCC1.Cl. The third kappa shape index (κ3) is 5.14. The summed E-state index contributed by atoms with van der Waals surface area (Å²) >= 11 is 0. The van der Waals surface area contributed by atoms with Crippen LogP contribution in [0.15, 0.2) is 24.3 Å². The maximum absolute atomic E-state index is 12.6. The Morgan fingerprint density at radius 3 is 2.23 bits per heavy atom. The van der Waals surface area contributed by atoms with Gasteiger partial charge in [0.15, 0.2) is 0 Å². The molecule has 2 rings (SSSR count). The monoisotopic (exact) mass is 336 g/mol. The van der Waals surface area contributed by atoms with E-state index in [-0.39, 0.29) is 18.4 Å². The molecule has 0 aromatic heterocycles. The highest BCUT2D eigenvalue weighted by Gasteiger charge is 2.30. The molecule has 1 aromatic rings. The Morgan fingerprint density at radius 2 is 1.73 bits per heavy atom. The summed E-state index contributed by atoms with van der Waals surface area (Å²) in [5, 5.41) is 3.34. The van der Waals surface area contributed by atoms with Crippen molar-refractivity contribution in [2.45, 2.75) is 32.0 Å². The summed E-state index contributed by atoms with van der Waals surface area (Å²) in [5.74, 6) is 0.674. The molecule has 126 valence electrons. The smallest absolute Gasteiger partial charge is 0.317 e. The molecule has 0 spiro atoms. The maximum atomic E-state index is 12.6. The summed E-state index contributed by atoms with van der Waals surface area (Å²) in [4.78, 5) is 2.23. The van der Waals surface area contributed by atoms with E-state index >= 15 is 0 Å². The molecular formula is C16H24ClF3N2. The number of rotatable bonds is 4. The second-order valence-electron chi connectivity index (χ2n) is 5.93. The lowest BCUT2D eigenvalue weighted by atomic mass is 9.96. The van der Waals surface area contributed by atoms with Crippen molar-refractivity contribution in [3.8, 4) is 0 Å². The summed E-state index contributed by atoms with van der Waals surface area (Å²) in [6.07, 6.45) is -1.92. The molecule has 1 fully saturated rings. The predicted octanol–water partition coefficient (Wildman–Crippen LogP) is 4.12. The minimum absolute atomic E-state index is 0. The molecule has 1 atom stereocenters. The van der Waals surface area contributed by atoms with Crippen LogP contribution >= 0.6 is 12.4 Å². The van der Waals surface area contributed by atoms with Crippen LogP contribution in [0.4, 0.5) is 13.2 Å². The molecule has 22 heavy (non-hydrogen) atoms. The van der Waals surface area contributed by atoms with Crippen LogP contribution in [0, 0.1) is 5.92 Å². The van der Waals surface area contributed by atoms with Crippen LogP contribution in [0.2, 0.25) is 0 Å². The van der Waals surface area contributed by atoms with E-state index in [1.165, 1.54) is 25.0 Å². The third-order valence-electron chi connectivity index (χ3n) is 4.39. The van der Waals surface area contributed by atoms with Gasteiger partial charge in [-0.3, -0.25) is 4.90 Å². The van der Waals surface area contributed by atoms with Crippen molar-refractivity contribution in [3.63, 3.8) is 0 Å². The lowest BCUT2D eigenvalue weighted by Crippen LogP contribution is -2.35. The molecule has 1 saturated heterocycles. The molecule has 1 aliphatic heterocycles. The fourth-order valence-corrected chi connectivity index (χ4v) is 2.83. The standard InChI is InChI=1S/C16H23F3N2.ClH/c1-12(21(2)11-13-7-9-20-10-8-13)14-3-5-15(6-4-14)16(17,18)19;/h3-6,12-13,20H,7-11H2,1-2H3;1H. The Bertz CT molecular complexity index is 442. The van der Waals surface area contributed by atoms with Gasteiger partial charge in [0, 0.05) is 12.6 Å². The van der Waals surface area contributed by atoms with Gasteiger partial charge in [-0.25, -0.2) is 0 Å². The van der Waals surface area contributed by atoms with Gasteiger partial charge in [0.2, 0.25) is 0 Å². The lowest BCUT2D eigenvalue weighted by molar-refractivity contribution is -0.137. The first-order chi connectivity index (χ1) is 9.88. The molecule has 1 aromatic carbocycles. The van der Waals surface area contributed by atoms with Crippen LogP contribution in [-0.4, -0.2) is 31.6 Å². The van der Waals surface area contributed by atoms with E-state index in [0.29, 0.717) is 5.92 Å². The van der Waals surface area contributed by atoms with Crippen molar-refractivity contribution in [3.05, 3.63) is 35.4 Å². The average molecular weight is 337 g/mol. The zero-order valence-electron chi connectivity index (χ0n) is 13.0. The third-order valence-corrected chi connectivity index (χ3v) is 4.39. The topological polar surface area (TPSA) is 15.3 Å². The summed E-state index contributed by atoms with van der Waals surface area (Å²) in [7, 11) is 2.05. The van der Waals surface area contributed by atoms with Gasteiger partial charge in [0.05, 0.1) is 5.56 Å². The number of hydrogen-bond acceptors (Lipinski definition) is 2. The zero-order valence-corrected chi connectivity index (χ0v) is 13.8. The quantitative estimate of drug-likeness (QED) is 0.889. The maximum Gasteiger partial charge on any atom is 0.416 e. The van der Waals surface area contributed by atoms with Crippen molar-refractivity contribution >= 4 is 12.4 Å². The Kier molecular flexibility index (Phi) is 7.16. The van der Waals surface area contributed by atoms with Crippen molar-refractivity contribution < 1.29 is 13.2 Å². The summed E-state index contributed by atoms with van der Waals surface area (Å²) in [5.41, 5.74) is 0.346. The van der Waals surface area contributed by atoms with Crippen LogP contribution in [0.3, 0.4) is 0 Å². The van der Waals surface area contributed by atoms with Crippen molar-refractivity contribution in [1.82, 2.24) is 10.2 Å². The van der Waals surface area contributed by atoms with E-state index in [2.05, 4.69) is 10.2 Å². The fraction of sp³-hybridized carbons (Fsp3) is 0.625. The van der Waals surface area contributed by atoms with Gasteiger partial charge in [-0.15, -0.1) is 12.4 Å². The molecule has 6 heteroatoms. The second kappa shape index (κ2) is 8.18. The van der Waals surface area contributed by atoms with Crippen LogP contribution in [0.5, 0.6) is 0 Å². The largest absolute Gasteiger partial charge is 0.416 e. The molecule has 0 saturated carbocycles. The van der Waals surface area contributed by atoms with E-state index in [1.807, 2.05) is 14.0 Å². The highest BCUT2D eigenvalue weighted by molar-refractivity contribution is 5.85. The Balaban J connectivity index is 0.00000242. The van der Waals surface area contributed by atoms with Crippen molar-refractivity contribution in [1.29, 1.82) is 0 Å². The van der Waals surface area contributed by atoms with Gasteiger partial charge in [-0.1, -0.05) is 12.1 Å². The molecule has 0 aliphatic carbocycles. The van der Waals surface area contributed by atoms with E-state index < -0.39 is 11.7 Å². The van der Waals surface area contributed by atoms with Gasteiger partial charge in [0.1, 0.15) is 0 Å². The Morgan fingerprint density at radius 1 is 1.18 bits per heavy atom. The van der Waals surface area contributed by atoms with Gasteiger partial charge in [-0.2, -0.15) is 13.2 Å². The van der Waals surface area contributed by atoms with E-state index in [1.54, 1.807) is 12.1 Å². The Hall–Kier alpha value is -0.780. The number of halogens is 4. The van der Waals surface area contributed by atoms with Gasteiger partial charge in [0.25, 0.3) is 0 Å². The molecule has 1 heterocycles. The van der Waals surface area contributed by atoms with Crippen LogP contribution in [-0.2, 0) is 6.18 Å². The van der Waals surface area contributed by atoms with E-state index in [0.717, 1.165) is 25.2 Å². The zero-order chi connectivity index (χ0) is 15.5. The molecule has 1 unspecified atom stereocenters. The molecule has 0 amide bonds. The van der Waals surface area contributed by atoms with Crippen LogP contribution in [0.1, 0.15) is 36.9 Å². The second-order valence-corrected chi connectivity index (χ2v) is 5.93. The average Bonchev–Trinajstić information content (AvgIpc) is 2.46. The normalized spacial score (nSPS) is 18.1. The highest BCUT2D eigenvalue weighted by Crippen LogP contribution is 2.30. The first-order valence-electron chi connectivity index (χ1n) is 7.46. The van der Waals surface area contributed by atoms with E-state index in [9.17, 15) is 13.2 Å². The van der Waals surface area contributed by atoms with Crippen molar-refractivity contribution in [2.75, 3.05) is 26.7 Å². The lowest BCUT2D eigenvalue weighted by Gasteiger charge is -2.31. The summed E-state index contributed by atoms with van der Waals surface area (Å²) in [6.45, 7) is 5.16. The van der Waals surface area contributed by atoms with E-state index in [4.69, 9.17) is 0 Å². The molecular weight excluding hydrogens is 313 g/mol. The molecule has 0 bridgehead atoms. The van der Waals surface area contributed by atoms with Gasteiger partial charge >= 0.3 is 6.18 Å². The number of nitrogens with zero attached hydrogens (tertiary/aromatic N) is 1. The summed E-state index contributed by atoms with van der Waals surface area (Å²) < 4.78 is 37.7. The van der Waals surface area contributed by atoms with Gasteiger partial charge in [-0.05, 0) is 63.5 Å². The van der Waals surface area contributed by atoms with Crippen LogP contribution in [0.25, 0.3) is 0 Å². The molecule has 1 N–H and O–H groups in total. The number of benzene rings is 1. The van der Waals surface area contributed by atoms with Crippen LogP contribution < -0.4 is 5.32 Å². The summed E-state index contributed by atoms with van der Waals surface area (Å²) in [6, 6.07) is 5.65. The molecule has 0 radical (unpaired) electrons. The fourth-order valence-electron chi connectivity index (χ4n) is 2.83. The minimum Gasteiger partial charge on any atom is -0.317 e. The minimum atomic E-state index is -4.26. The highest BCUT2D eigenvalue weighted by atomic mass is 35.5. The molecule has 2 nitrogen and oxygen atoms in total. The molecule has 1 aliphatic rings. The number of nitrogens with one attached hydrogen (secondary N) is 1. The number of hydrogen-bond donors (Lipinski definition) is 1. The number of alkyl halides is 3. The Labute approximate surface area is 136 Å².